The quantitative estimate of drug-likeness (QED) is 0.165. The number of thiophene rings is 1. The monoisotopic (exact) mass is 729 g/mol. The van der Waals surface area contributed by atoms with E-state index in [0.29, 0.717) is 0 Å². The Morgan fingerprint density at radius 3 is 1.68 bits per heavy atom. The van der Waals surface area contributed by atoms with E-state index in [1.54, 1.807) is 0 Å². The summed E-state index contributed by atoms with van der Waals surface area (Å²) in [6.07, 6.45) is 0. The molecule has 10 aromatic carbocycles. The van der Waals surface area contributed by atoms with Gasteiger partial charge < -0.3 is 4.90 Å². The third kappa shape index (κ3) is 5.30. The second-order valence-electron chi connectivity index (χ2n) is 14.4. The summed E-state index contributed by atoms with van der Waals surface area (Å²) in [5.41, 5.74) is 10.8. The highest BCUT2D eigenvalue weighted by Crippen LogP contribution is 2.46. The number of benzene rings is 10. The van der Waals surface area contributed by atoms with Gasteiger partial charge in [-0.15, -0.1) is 11.3 Å². The molecule has 0 unspecified atom stereocenters. The van der Waals surface area contributed by atoms with Crippen molar-refractivity contribution in [3.8, 4) is 33.4 Å². The lowest BCUT2D eigenvalue weighted by Crippen LogP contribution is -2.10. The zero-order valence-corrected chi connectivity index (χ0v) is 31.4. The molecule has 1 aromatic heterocycles. The van der Waals surface area contributed by atoms with Gasteiger partial charge >= 0.3 is 0 Å². The number of anilines is 3. The summed E-state index contributed by atoms with van der Waals surface area (Å²) in [5.74, 6) is 0. The summed E-state index contributed by atoms with van der Waals surface area (Å²) in [6, 6.07) is 77.6. The Morgan fingerprint density at radius 2 is 0.857 bits per heavy atom. The van der Waals surface area contributed by atoms with Crippen LogP contribution < -0.4 is 4.90 Å². The lowest BCUT2D eigenvalue weighted by molar-refractivity contribution is 1.30. The molecule has 262 valence electrons. The average Bonchev–Trinajstić information content (AvgIpc) is 3.66. The maximum Gasteiger partial charge on any atom is 0.0540 e. The first-order valence-corrected chi connectivity index (χ1v) is 20.0. The largest absolute Gasteiger partial charge is 0.310 e. The molecule has 0 aliphatic heterocycles. The third-order valence-electron chi connectivity index (χ3n) is 11.3. The summed E-state index contributed by atoms with van der Waals surface area (Å²) < 4.78 is 2.66. The fourth-order valence-corrected chi connectivity index (χ4v) is 9.96. The molecule has 0 bridgehead atoms. The summed E-state index contributed by atoms with van der Waals surface area (Å²) >= 11 is 1.89. The molecule has 11 aromatic rings. The van der Waals surface area contributed by atoms with Crippen LogP contribution in [0, 0.1) is 0 Å². The molecular weight excluding hydrogens is 695 g/mol. The van der Waals surface area contributed by atoms with Crippen LogP contribution >= 0.6 is 11.3 Å². The van der Waals surface area contributed by atoms with Gasteiger partial charge in [0.05, 0.1) is 5.69 Å². The molecule has 0 fully saturated rings. The predicted molar refractivity (Wildman–Crippen MR) is 243 cm³/mol. The first kappa shape index (κ1) is 32.4. The van der Waals surface area contributed by atoms with Crippen molar-refractivity contribution in [1.29, 1.82) is 0 Å². The van der Waals surface area contributed by atoms with Gasteiger partial charge in [0.2, 0.25) is 0 Å². The van der Waals surface area contributed by atoms with E-state index in [0.717, 1.165) is 17.1 Å². The van der Waals surface area contributed by atoms with Crippen LogP contribution in [-0.2, 0) is 0 Å². The van der Waals surface area contributed by atoms with Crippen LogP contribution in [0.2, 0.25) is 0 Å². The highest BCUT2D eigenvalue weighted by molar-refractivity contribution is 7.26. The molecule has 1 nitrogen and oxygen atoms in total. The van der Waals surface area contributed by atoms with E-state index in [-0.39, 0.29) is 0 Å². The van der Waals surface area contributed by atoms with Crippen LogP contribution in [0.4, 0.5) is 17.1 Å². The molecule has 1 heterocycles. The van der Waals surface area contributed by atoms with Crippen molar-refractivity contribution in [2.75, 3.05) is 4.90 Å². The maximum absolute atomic E-state index is 2.40. The third-order valence-corrected chi connectivity index (χ3v) is 12.5. The van der Waals surface area contributed by atoms with E-state index < -0.39 is 0 Å². The van der Waals surface area contributed by atoms with Crippen molar-refractivity contribution in [2.45, 2.75) is 0 Å². The van der Waals surface area contributed by atoms with E-state index in [9.17, 15) is 0 Å². The summed E-state index contributed by atoms with van der Waals surface area (Å²) in [5, 5.41) is 10.1. The van der Waals surface area contributed by atoms with Crippen molar-refractivity contribution < 1.29 is 0 Å². The van der Waals surface area contributed by atoms with Gasteiger partial charge in [-0.25, -0.2) is 0 Å². The van der Waals surface area contributed by atoms with E-state index in [1.165, 1.54) is 85.9 Å². The van der Waals surface area contributed by atoms with Gasteiger partial charge in [0.1, 0.15) is 0 Å². The van der Waals surface area contributed by atoms with Gasteiger partial charge in [-0.1, -0.05) is 176 Å². The summed E-state index contributed by atoms with van der Waals surface area (Å²) in [7, 11) is 0. The second-order valence-corrected chi connectivity index (χ2v) is 15.5. The molecule has 56 heavy (non-hydrogen) atoms. The minimum absolute atomic E-state index is 1.11. The topological polar surface area (TPSA) is 3.24 Å². The van der Waals surface area contributed by atoms with Crippen molar-refractivity contribution in [3.63, 3.8) is 0 Å². The molecule has 0 aliphatic rings. The Balaban J connectivity index is 1.06. The van der Waals surface area contributed by atoms with Crippen LogP contribution in [0.1, 0.15) is 0 Å². The van der Waals surface area contributed by atoms with Crippen molar-refractivity contribution >= 4 is 80.9 Å². The number of hydrogen-bond donors (Lipinski definition) is 0. The first-order valence-electron chi connectivity index (χ1n) is 19.2. The van der Waals surface area contributed by atoms with E-state index in [2.05, 4.69) is 217 Å². The number of nitrogens with zero attached hydrogens (tertiary/aromatic N) is 1. The summed E-state index contributed by atoms with van der Waals surface area (Å²) in [6.45, 7) is 0. The van der Waals surface area contributed by atoms with E-state index in [4.69, 9.17) is 0 Å². The molecule has 0 atom stereocenters. The Morgan fingerprint density at radius 1 is 0.304 bits per heavy atom. The second kappa shape index (κ2) is 13.4. The minimum Gasteiger partial charge on any atom is -0.310 e. The normalized spacial score (nSPS) is 11.6. The molecular formula is C54H35NS. The van der Waals surface area contributed by atoms with Gasteiger partial charge in [-0.3, -0.25) is 0 Å². The molecule has 0 spiro atoms. The lowest BCUT2D eigenvalue weighted by Gasteiger charge is -2.28. The van der Waals surface area contributed by atoms with Gasteiger partial charge in [0.25, 0.3) is 0 Å². The van der Waals surface area contributed by atoms with Gasteiger partial charge in [-0.2, -0.15) is 0 Å². The summed E-state index contributed by atoms with van der Waals surface area (Å²) in [4.78, 5) is 2.40. The van der Waals surface area contributed by atoms with Gasteiger partial charge in [0, 0.05) is 42.5 Å². The average molecular weight is 730 g/mol. The molecule has 0 amide bonds. The predicted octanol–water partition coefficient (Wildman–Crippen LogP) is 16.0. The van der Waals surface area contributed by atoms with E-state index >= 15 is 0 Å². The molecule has 11 rings (SSSR count). The van der Waals surface area contributed by atoms with Crippen LogP contribution in [0.15, 0.2) is 212 Å². The number of hydrogen-bond acceptors (Lipinski definition) is 2. The van der Waals surface area contributed by atoms with Crippen molar-refractivity contribution in [3.05, 3.63) is 212 Å². The van der Waals surface area contributed by atoms with Gasteiger partial charge in [0.15, 0.2) is 0 Å². The molecule has 0 aliphatic carbocycles. The smallest absolute Gasteiger partial charge is 0.0540 e. The molecule has 0 N–H and O–H groups in total. The SMILES string of the molecule is c1ccc(N(c2ccc(-c3cccc4cccc(-c5cccc6c5sc5ccccc56)c34)cc2)c2ccc(-c3cccc4ccccc34)c3ccccc23)cc1. The highest BCUT2D eigenvalue weighted by Gasteiger charge is 2.19. The number of para-hydroxylation sites is 1. The Bertz CT molecular complexity index is 3240. The standard InChI is InChI=1S/C54H35NS/c1-2-18-39(19-3-1)55(51-35-34-45(44-21-6-7-22-46(44)51)43-25-10-15-36-14-4-5-20-41(36)43)40-32-30-37(31-33-40)42-24-11-16-38-17-12-26-48(53(38)42)50-28-13-27-49-47-23-8-9-29-52(47)56-54(49)50/h1-35H. The molecule has 2 heteroatoms. The lowest BCUT2D eigenvalue weighted by atomic mass is 9.91. The highest BCUT2D eigenvalue weighted by atomic mass is 32.1. The molecule has 0 radical (unpaired) electrons. The minimum atomic E-state index is 1.11. The van der Waals surface area contributed by atoms with Crippen LogP contribution in [-0.4, -0.2) is 0 Å². The fraction of sp³-hybridized carbons (Fsp3) is 0. The van der Waals surface area contributed by atoms with Crippen molar-refractivity contribution in [2.24, 2.45) is 0 Å². The van der Waals surface area contributed by atoms with Crippen LogP contribution in [0.5, 0.6) is 0 Å². The Kier molecular flexibility index (Phi) is 7.75. The molecule has 0 saturated heterocycles. The Hall–Kier alpha value is -7.00. The zero-order valence-electron chi connectivity index (χ0n) is 30.6. The van der Waals surface area contributed by atoms with Gasteiger partial charge in [-0.05, 0) is 91.1 Å². The first-order chi connectivity index (χ1) is 27.8. The molecule has 0 saturated carbocycles. The fourth-order valence-electron chi connectivity index (χ4n) is 8.73. The number of fused-ring (bicyclic) bond motifs is 6. The number of rotatable bonds is 6. The maximum atomic E-state index is 2.40. The van der Waals surface area contributed by atoms with E-state index in [1.807, 2.05) is 11.3 Å². The zero-order chi connectivity index (χ0) is 37.0. The van der Waals surface area contributed by atoms with Crippen LogP contribution in [0.25, 0.3) is 85.9 Å². The Labute approximate surface area is 330 Å². The van der Waals surface area contributed by atoms with Crippen LogP contribution in [0.3, 0.4) is 0 Å². The van der Waals surface area contributed by atoms with Crippen molar-refractivity contribution in [1.82, 2.24) is 0 Å².